The largest absolute Gasteiger partial charge is 0.411 e. The first-order chi connectivity index (χ1) is 10.1. The van der Waals surface area contributed by atoms with E-state index in [0.717, 1.165) is 26.4 Å². The van der Waals surface area contributed by atoms with Crippen molar-refractivity contribution in [1.82, 2.24) is 9.97 Å². The molecule has 106 valence electrons. The molecule has 0 saturated heterocycles. The standard InChI is InChI=1S/C15H13N3O2S/c1-9-5-2-3-7-11(9)21-13-12-10(6-4-8-17-12)18-14(13)20-15(16)19/h2-8,18H,1H3,(H2,16,19). The van der Waals surface area contributed by atoms with Crippen molar-refractivity contribution in [3.05, 3.63) is 48.2 Å². The van der Waals surface area contributed by atoms with Crippen LogP contribution in [0, 0.1) is 6.92 Å². The smallest absolute Gasteiger partial charge is 0.392 e. The molecule has 0 aliphatic heterocycles. The van der Waals surface area contributed by atoms with E-state index in [1.807, 2.05) is 43.3 Å². The second-order valence-electron chi connectivity index (χ2n) is 4.47. The van der Waals surface area contributed by atoms with Crippen molar-refractivity contribution in [3.63, 3.8) is 0 Å². The summed E-state index contributed by atoms with van der Waals surface area (Å²) in [5, 5.41) is 0. The molecule has 0 aliphatic carbocycles. The third-order valence-corrected chi connectivity index (χ3v) is 4.25. The minimum absolute atomic E-state index is 0.324. The van der Waals surface area contributed by atoms with Crippen LogP contribution in [0.2, 0.25) is 0 Å². The van der Waals surface area contributed by atoms with Crippen LogP contribution in [0.1, 0.15) is 5.56 Å². The van der Waals surface area contributed by atoms with Gasteiger partial charge in [0.2, 0.25) is 5.88 Å². The fourth-order valence-electron chi connectivity index (χ4n) is 2.02. The Morgan fingerprint density at radius 2 is 2.10 bits per heavy atom. The lowest BCUT2D eigenvalue weighted by atomic mass is 10.2. The van der Waals surface area contributed by atoms with Crippen molar-refractivity contribution in [2.45, 2.75) is 16.7 Å². The van der Waals surface area contributed by atoms with Crippen LogP contribution < -0.4 is 10.5 Å². The van der Waals surface area contributed by atoms with E-state index in [2.05, 4.69) is 9.97 Å². The van der Waals surface area contributed by atoms with E-state index in [1.165, 1.54) is 11.8 Å². The number of nitrogens with one attached hydrogen (secondary N) is 1. The summed E-state index contributed by atoms with van der Waals surface area (Å²) in [5.41, 5.74) is 7.81. The lowest BCUT2D eigenvalue weighted by molar-refractivity contribution is 0.208. The first-order valence-corrected chi connectivity index (χ1v) is 7.14. The highest BCUT2D eigenvalue weighted by atomic mass is 32.2. The van der Waals surface area contributed by atoms with E-state index in [1.54, 1.807) is 6.20 Å². The Morgan fingerprint density at radius 3 is 2.86 bits per heavy atom. The van der Waals surface area contributed by atoms with Gasteiger partial charge in [-0.05, 0) is 30.7 Å². The number of aromatic nitrogens is 2. The van der Waals surface area contributed by atoms with Gasteiger partial charge in [0.05, 0.1) is 5.52 Å². The summed E-state index contributed by atoms with van der Waals surface area (Å²) in [6.45, 7) is 2.03. The summed E-state index contributed by atoms with van der Waals surface area (Å²) in [6.07, 6.45) is 0.847. The highest BCUT2D eigenvalue weighted by molar-refractivity contribution is 7.99. The van der Waals surface area contributed by atoms with Crippen LogP contribution in [-0.2, 0) is 0 Å². The van der Waals surface area contributed by atoms with Gasteiger partial charge in [-0.15, -0.1) is 0 Å². The van der Waals surface area contributed by atoms with Crippen LogP contribution in [0.4, 0.5) is 4.79 Å². The van der Waals surface area contributed by atoms with Crippen molar-refractivity contribution in [2.24, 2.45) is 5.73 Å². The van der Waals surface area contributed by atoms with Gasteiger partial charge in [-0.3, -0.25) is 4.98 Å². The van der Waals surface area contributed by atoms with Crippen LogP contribution in [0.25, 0.3) is 11.0 Å². The normalized spacial score (nSPS) is 10.7. The predicted molar refractivity (Wildman–Crippen MR) is 81.6 cm³/mol. The van der Waals surface area contributed by atoms with Gasteiger partial charge < -0.3 is 15.5 Å². The van der Waals surface area contributed by atoms with Crippen molar-refractivity contribution in [3.8, 4) is 5.88 Å². The first kappa shape index (κ1) is 13.5. The van der Waals surface area contributed by atoms with E-state index in [4.69, 9.17) is 10.5 Å². The predicted octanol–water partition coefficient (Wildman–Crippen LogP) is 3.48. The minimum atomic E-state index is -0.854. The number of hydrogen-bond acceptors (Lipinski definition) is 4. The van der Waals surface area contributed by atoms with Gasteiger partial charge in [0.25, 0.3) is 0 Å². The Kier molecular flexibility index (Phi) is 3.53. The fraction of sp³-hybridized carbons (Fsp3) is 0.0667. The number of aromatic amines is 1. The molecule has 0 aliphatic rings. The molecular formula is C15H13N3O2S. The molecule has 0 bridgehead atoms. The van der Waals surface area contributed by atoms with Gasteiger partial charge in [-0.2, -0.15) is 0 Å². The van der Waals surface area contributed by atoms with Crippen LogP contribution in [-0.4, -0.2) is 16.1 Å². The van der Waals surface area contributed by atoms with Crippen LogP contribution in [0.15, 0.2) is 52.4 Å². The molecule has 21 heavy (non-hydrogen) atoms. The summed E-state index contributed by atoms with van der Waals surface area (Å²) in [5.74, 6) is 0.324. The molecule has 0 radical (unpaired) electrons. The zero-order valence-electron chi connectivity index (χ0n) is 11.3. The number of nitrogens with two attached hydrogens (primary N) is 1. The molecule has 0 fully saturated rings. The summed E-state index contributed by atoms with van der Waals surface area (Å²) in [6, 6.07) is 11.7. The van der Waals surface area contributed by atoms with Crippen molar-refractivity contribution in [1.29, 1.82) is 0 Å². The number of carbonyl (C=O) groups is 1. The van der Waals surface area contributed by atoms with E-state index >= 15 is 0 Å². The first-order valence-electron chi connectivity index (χ1n) is 6.32. The maximum absolute atomic E-state index is 11.1. The number of ether oxygens (including phenoxy) is 1. The average molecular weight is 299 g/mol. The van der Waals surface area contributed by atoms with E-state index in [9.17, 15) is 4.79 Å². The van der Waals surface area contributed by atoms with Gasteiger partial charge in [-0.25, -0.2) is 4.79 Å². The van der Waals surface area contributed by atoms with Gasteiger partial charge in [0, 0.05) is 11.1 Å². The quantitative estimate of drug-likeness (QED) is 0.775. The van der Waals surface area contributed by atoms with Gasteiger partial charge in [0.1, 0.15) is 10.4 Å². The molecule has 1 aromatic carbocycles. The summed E-state index contributed by atoms with van der Waals surface area (Å²) in [7, 11) is 0. The Balaban J connectivity index is 2.11. The summed E-state index contributed by atoms with van der Waals surface area (Å²) in [4.78, 5) is 20.3. The maximum atomic E-state index is 11.1. The topological polar surface area (TPSA) is 81.0 Å². The summed E-state index contributed by atoms with van der Waals surface area (Å²) < 4.78 is 5.06. The molecule has 1 amide bonds. The monoisotopic (exact) mass is 299 g/mol. The molecule has 0 unspecified atom stereocenters. The number of hydrogen-bond donors (Lipinski definition) is 2. The second kappa shape index (κ2) is 5.49. The number of H-pyrrole nitrogens is 1. The van der Waals surface area contributed by atoms with Crippen LogP contribution >= 0.6 is 11.8 Å². The Morgan fingerprint density at radius 1 is 1.29 bits per heavy atom. The molecule has 0 saturated carbocycles. The molecule has 0 spiro atoms. The fourth-order valence-corrected chi connectivity index (χ4v) is 3.06. The van der Waals surface area contributed by atoms with Crippen LogP contribution in [0.3, 0.4) is 0 Å². The number of primary amides is 1. The van der Waals surface area contributed by atoms with E-state index in [0.29, 0.717) is 5.88 Å². The number of rotatable bonds is 3. The lowest BCUT2D eigenvalue weighted by Gasteiger charge is -2.06. The number of benzene rings is 1. The highest BCUT2D eigenvalue weighted by Crippen LogP contribution is 2.40. The molecule has 2 heterocycles. The Hall–Kier alpha value is -2.47. The maximum Gasteiger partial charge on any atom is 0.411 e. The van der Waals surface area contributed by atoms with E-state index in [-0.39, 0.29) is 0 Å². The SMILES string of the molecule is Cc1ccccc1Sc1c(OC(N)=O)[nH]c2cccnc12. The number of aryl methyl sites for hydroxylation is 1. The van der Waals surface area contributed by atoms with E-state index < -0.39 is 6.09 Å². The van der Waals surface area contributed by atoms with Crippen molar-refractivity contribution < 1.29 is 9.53 Å². The number of nitrogens with zero attached hydrogens (tertiary/aromatic N) is 1. The van der Waals surface area contributed by atoms with Gasteiger partial charge >= 0.3 is 6.09 Å². The Labute approximate surface area is 125 Å². The molecule has 6 heteroatoms. The molecule has 3 aromatic rings. The number of amides is 1. The van der Waals surface area contributed by atoms with Gasteiger partial charge in [0.15, 0.2) is 0 Å². The van der Waals surface area contributed by atoms with Gasteiger partial charge in [-0.1, -0.05) is 30.0 Å². The average Bonchev–Trinajstić information content (AvgIpc) is 2.78. The highest BCUT2D eigenvalue weighted by Gasteiger charge is 2.17. The van der Waals surface area contributed by atoms with Crippen molar-refractivity contribution >= 4 is 28.9 Å². The van der Waals surface area contributed by atoms with Crippen molar-refractivity contribution in [2.75, 3.05) is 0 Å². The number of carbonyl (C=O) groups excluding carboxylic acids is 1. The zero-order valence-corrected chi connectivity index (χ0v) is 12.1. The summed E-state index contributed by atoms with van der Waals surface area (Å²) >= 11 is 1.49. The lowest BCUT2D eigenvalue weighted by Crippen LogP contribution is -2.16. The molecular weight excluding hydrogens is 286 g/mol. The molecule has 3 rings (SSSR count). The minimum Gasteiger partial charge on any atom is -0.392 e. The third-order valence-electron chi connectivity index (χ3n) is 2.99. The second-order valence-corrected chi connectivity index (χ2v) is 5.52. The molecule has 3 N–H and O–H groups in total. The number of pyridine rings is 1. The zero-order chi connectivity index (χ0) is 14.8. The van der Waals surface area contributed by atoms with Crippen LogP contribution in [0.5, 0.6) is 5.88 Å². The Bertz CT molecular complexity index is 814. The molecule has 5 nitrogen and oxygen atoms in total. The molecule has 0 atom stereocenters. The number of fused-ring (bicyclic) bond motifs is 1. The molecule has 2 aromatic heterocycles. The third kappa shape index (κ3) is 2.71.